The Labute approximate surface area is 141 Å². The number of anilines is 1. The summed E-state index contributed by atoms with van der Waals surface area (Å²) in [7, 11) is 0. The van der Waals surface area contributed by atoms with Crippen molar-refractivity contribution in [2.45, 2.75) is 19.3 Å². The summed E-state index contributed by atoms with van der Waals surface area (Å²) in [6, 6.07) is 17.1. The van der Waals surface area contributed by atoms with Crippen molar-refractivity contribution in [3.63, 3.8) is 0 Å². The Morgan fingerprint density at radius 1 is 0.957 bits per heavy atom. The molecule has 2 rings (SSSR count). The van der Waals surface area contributed by atoms with Crippen LogP contribution in [0.3, 0.4) is 0 Å². The fraction of sp³-hybridized carbons (Fsp3) is 0.333. The molecule has 0 amide bonds. The first-order valence-electron chi connectivity index (χ1n) is 7.80. The lowest BCUT2D eigenvalue weighted by atomic mass is 10.1. The molecule has 0 aliphatic heterocycles. The molecule has 5 heteroatoms. The lowest BCUT2D eigenvalue weighted by molar-refractivity contribution is -0.384. The van der Waals surface area contributed by atoms with Gasteiger partial charge in [-0.15, -0.1) is 11.6 Å². The number of rotatable bonds is 9. The lowest BCUT2D eigenvalue weighted by Crippen LogP contribution is -2.27. The fourth-order valence-electron chi connectivity index (χ4n) is 2.46. The van der Waals surface area contributed by atoms with Gasteiger partial charge in [0.25, 0.3) is 5.69 Å². The van der Waals surface area contributed by atoms with Gasteiger partial charge in [-0.25, -0.2) is 0 Å². The molecule has 122 valence electrons. The number of nitro groups is 1. The van der Waals surface area contributed by atoms with Crippen molar-refractivity contribution in [2.75, 3.05) is 23.9 Å². The Balaban J connectivity index is 2.04. The van der Waals surface area contributed by atoms with Gasteiger partial charge in [0.1, 0.15) is 0 Å². The molecule has 0 aromatic heterocycles. The maximum atomic E-state index is 10.8. The van der Waals surface area contributed by atoms with E-state index in [1.54, 1.807) is 12.1 Å². The molecule has 2 aromatic rings. The molecule has 0 saturated carbocycles. The molecule has 0 spiro atoms. The quantitative estimate of drug-likeness (QED) is 0.290. The molecule has 0 fully saturated rings. The first-order chi connectivity index (χ1) is 11.2. The van der Waals surface area contributed by atoms with Crippen molar-refractivity contribution < 1.29 is 4.92 Å². The molecular weight excluding hydrogens is 312 g/mol. The summed E-state index contributed by atoms with van der Waals surface area (Å²) in [6.45, 7) is 1.78. The van der Waals surface area contributed by atoms with Crippen LogP contribution in [0.5, 0.6) is 0 Å². The predicted octanol–water partition coefficient (Wildman–Crippen LogP) is 4.66. The zero-order valence-corrected chi connectivity index (χ0v) is 13.8. The molecule has 0 aliphatic rings. The Morgan fingerprint density at radius 3 is 2.26 bits per heavy atom. The number of benzene rings is 2. The van der Waals surface area contributed by atoms with Crippen LogP contribution in [0.1, 0.15) is 18.4 Å². The van der Waals surface area contributed by atoms with Gasteiger partial charge in [0.15, 0.2) is 0 Å². The highest BCUT2D eigenvalue weighted by molar-refractivity contribution is 6.17. The minimum atomic E-state index is -0.369. The number of unbranched alkanes of at least 4 members (excludes halogenated alkanes) is 1. The van der Waals surface area contributed by atoms with Gasteiger partial charge in [0.2, 0.25) is 0 Å². The van der Waals surface area contributed by atoms with Gasteiger partial charge in [-0.3, -0.25) is 10.1 Å². The summed E-state index contributed by atoms with van der Waals surface area (Å²) in [5.41, 5.74) is 2.43. The van der Waals surface area contributed by atoms with Crippen LogP contribution in [0.4, 0.5) is 11.4 Å². The zero-order valence-electron chi connectivity index (χ0n) is 13.0. The Morgan fingerprint density at radius 2 is 1.65 bits per heavy atom. The maximum Gasteiger partial charge on any atom is 0.269 e. The topological polar surface area (TPSA) is 46.4 Å². The van der Waals surface area contributed by atoms with Crippen LogP contribution >= 0.6 is 11.6 Å². The van der Waals surface area contributed by atoms with Gasteiger partial charge in [0, 0.05) is 36.8 Å². The van der Waals surface area contributed by atoms with Gasteiger partial charge in [0.05, 0.1) is 4.92 Å². The molecule has 0 saturated heterocycles. The number of nitrogens with zero attached hydrogens (tertiary/aromatic N) is 2. The zero-order chi connectivity index (χ0) is 16.5. The van der Waals surface area contributed by atoms with Crippen molar-refractivity contribution in [3.05, 3.63) is 70.3 Å². The SMILES string of the molecule is O=[N+]([O-])c1ccc(N(CCCCCl)CCc2ccccc2)cc1. The van der Waals surface area contributed by atoms with Gasteiger partial charge < -0.3 is 4.90 Å². The van der Waals surface area contributed by atoms with Crippen LogP contribution in [-0.4, -0.2) is 23.9 Å². The molecule has 0 heterocycles. The van der Waals surface area contributed by atoms with Crippen LogP contribution in [0, 0.1) is 10.1 Å². The summed E-state index contributed by atoms with van der Waals surface area (Å²) >= 11 is 5.77. The molecule has 0 bridgehead atoms. The van der Waals surface area contributed by atoms with E-state index < -0.39 is 0 Å². The second-order valence-corrected chi connectivity index (χ2v) is 5.77. The second-order valence-electron chi connectivity index (χ2n) is 5.39. The minimum absolute atomic E-state index is 0.123. The molecule has 4 nitrogen and oxygen atoms in total. The fourth-order valence-corrected chi connectivity index (χ4v) is 2.65. The first kappa shape index (κ1) is 17.3. The van der Waals surface area contributed by atoms with Crippen molar-refractivity contribution in [2.24, 2.45) is 0 Å². The average molecular weight is 333 g/mol. The van der Waals surface area contributed by atoms with Crippen molar-refractivity contribution in [1.29, 1.82) is 0 Å². The van der Waals surface area contributed by atoms with E-state index in [2.05, 4.69) is 17.0 Å². The van der Waals surface area contributed by atoms with E-state index in [1.165, 1.54) is 5.56 Å². The summed E-state index contributed by atoms with van der Waals surface area (Å²) in [6.07, 6.45) is 2.92. The molecular formula is C18H21ClN2O2. The van der Waals surface area contributed by atoms with Crippen molar-refractivity contribution >= 4 is 23.0 Å². The molecule has 23 heavy (non-hydrogen) atoms. The van der Waals surface area contributed by atoms with E-state index in [4.69, 9.17) is 11.6 Å². The number of nitro benzene ring substituents is 1. The number of alkyl halides is 1. The summed E-state index contributed by atoms with van der Waals surface area (Å²) < 4.78 is 0. The molecule has 0 radical (unpaired) electrons. The predicted molar refractivity (Wildman–Crippen MR) is 95.4 cm³/mol. The smallest absolute Gasteiger partial charge is 0.269 e. The number of hydrogen-bond acceptors (Lipinski definition) is 3. The first-order valence-corrected chi connectivity index (χ1v) is 8.33. The lowest BCUT2D eigenvalue weighted by Gasteiger charge is -2.25. The van der Waals surface area contributed by atoms with E-state index in [1.807, 2.05) is 30.3 Å². The number of halogens is 1. The van der Waals surface area contributed by atoms with Gasteiger partial charge >= 0.3 is 0 Å². The third-order valence-corrected chi connectivity index (χ3v) is 4.02. The van der Waals surface area contributed by atoms with Gasteiger partial charge in [-0.2, -0.15) is 0 Å². The van der Waals surface area contributed by atoms with Crippen molar-refractivity contribution in [1.82, 2.24) is 0 Å². The van der Waals surface area contributed by atoms with Crippen LogP contribution in [-0.2, 0) is 6.42 Å². The monoisotopic (exact) mass is 332 g/mol. The largest absolute Gasteiger partial charge is 0.371 e. The normalized spacial score (nSPS) is 10.5. The standard InChI is InChI=1S/C18H21ClN2O2/c19-13-4-5-14-20(15-12-16-6-2-1-3-7-16)17-8-10-18(11-9-17)21(22)23/h1-3,6-11H,4-5,12-15H2. The van der Waals surface area contributed by atoms with Gasteiger partial charge in [-0.05, 0) is 37.0 Å². The maximum absolute atomic E-state index is 10.8. The molecule has 0 N–H and O–H groups in total. The van der Waals surface area contributed by atoms with E-state index in [9.17, 15) is 10.1 Å². The minimum Gasteiger partial charge on any atom is -0.371 e. The van der Waals surface area contributed by atoms with E-state index >= 15 is 0 Å². The Bertz CT molecular complexity index is 602. The van der Waals surface area contributed by atoms with E-state index in [-0.39, 0.29) is 10.6 Å². The summed E-state index contributed by atoms with van der Waals surface area (Å²) in [4.78, 5) is 12.7. The third-order valence-electron chi connectivity index (χ3n) is 3.75. The Kier molecular flexibility index (Phi) is 6.88. The third kappa shape index (κ3) is 5.57. The van der Waals surface area contributed by atoms with E-state index in [0.717, 1.165) is 38.0 Å². The second kappa shape index (κ2) is 9.16. The number of non-ortho nitro benzene ring substituents is 1. The molecule has 2 aromatic carbocycles. The van der Waals surface area contributed by atoms with Crippen LogP contribution in [0.25, 0.3) is 0 Å². The number of hydrogen-bond donors (Lipinski definition) is 0. The highest BCUT2D eigenvalue weighted by Crippen LogP contribution is 2.20. The van der Waals surface area contributed by atoms with Crippen LogP contribution in [0.2, 0.25) is 0 Å². The van der Waals surface area contributed by atoms with Crippen LogP contribution < -0.4 is 4.90 Å². The molecule has 0 atom stereocenters. The Hall–Kier alpha value is -2.07. The van der Waals surface area contributed by atoms with E-state index in [0.29, 0.717) is 5.88 Å². The van der Waals surface area contributed by atoms with Crippen LogP contribution in [0.15, 0.2) is 54.6 Å². The summed E-state index contributed by atoms with van der Waals surface area (Å²) in [5, 5.41) is 10.8. The van der Waals surface area contributed by atoms with Gasteiger partial charge in [-0.1, -0.05) is 30.3 Å². The highest BCUT2D eigenvalue weighted by Gasteiger charge is 2.10. The average Bonchev–Trinajstić information content (AvgIpc) is 2.59. The van der Waals surface area contributed by atoms with Crippen molar-refractivity contribution in [3.8, 4) is 0 Å². The highest BCUT2D eigenvalue weighted by atomic mass is 35.5. The molecule has 0 aliphatic carbocycles. The molecule has 0 unspecified atom stereocenters. The summed E-state index contributed by atoms with van der Waals surface area (Å²) in [5.74, 6) is 0.660.